The molecule has 1 aliphatic carbocycles. The van der Waals surface area contributed by atoms with Crippen LogP contribution in [0, 0.1) is 5.92 Å². The fraction of sp³-hybridized carbons (Fsp3) is 0.452. The Morgan fingerprint density at radius 1 is 1.00 bits per heavy atom. The van der Waals surface area contributed by atoms with E-state index in [1.54, 1.807) is 0 Å². The van der Waals surface area contributed by atoms with Crippen LogP contribution in [-0.4, -0.2) is 65.1 Å². The topological polar surface area (TPSA) is 60.5 Å². The van der Waals surface area contributed by atoms with Crippen LogP contribution >= 0.6 is 12.2 Å². The van der Waals surface area contributed by atoms with Crippen molar-refractivity contribution in [2.24, 2.45) is 5.92 Å². The highest BCUT2D eigenvalue weighted by Gasteiger charge is 2.28. The van der Waals surface area contributed by atoms with E-state index in [-0.39, 0.29) is 11.9 Å². The number of nitrogens with one attached hydrogen (secondary N) is 2. The lowest BCUT2D eigenvalue weighted by Gasteiger charge is -2.36. The number of thiocarbonyl (C=S) groups is 1. The fourth-order valence-electron chi connectivity index (χ4n) is 6.02. The van der Waals surface area contributed by atoms with Crippen LogP contribution < -0.4 is 10.6 Å². The van der Waals surface area contributed by atoms with E-state index in [4.69, 9.17) is 17.2 Å². The van der Waals surface area contributed by atoms with Gasteiger partial charge in [-0.05, 0) is 44.0 Å². The summed E-state index contributed by atoms with van der Waals surface area (Å²) in [5.41, 5.74) is 4.57. The zero-order chi connectivity index (χ0) is 26.5. The van der Waals surface area contributed by atoms with Crippen molar-refractivity contribution < 1.29 is 4.79 Å². The maximum Gasteiger partial charge on any atom is 0.252 e. The molecule has 7 heteroatoms. The number of piperazine rings is 1. The molecule has 2 heterocycles. The molecular formula is C31H39N5OS. The quantitative estimate of drug-likeness (QED) is 0.427. The second-order valence-electron chi connectivity index (χ2n) is 10.7. The van der Waals surface area contributed by atoms with Crippen molar-refractivity contribution >= 4 is 34.1 Å². The van der Waals surface area contributed by atoms with E-state index in [1.807, 2.05) is 49.5 Å². The zero-order valence-electron chi connectivity index (χ0n) is 22.6. The summed E-state index contributed by atoms with van der Waals surface area (Å²) in [5.74, 6) is 0.561. The average Bonchev–Trinajstić information content (AvgIpc) is 2.97. The summed E-state index contributed by atoms with van der Waals surface area (Å²) in [4.78, 5) is 23.9. The van der Waals surface area contributed by atoms with Gasteiger partial charge in [0.2, 0.25) is 0 Å². The van der Waals surface area contributed by atoms with Crippen molar-refractivity contribution in [1.82, 2.24) is 25.4 Å². The summed E-state index contributed by atoms with van der Waals surface area (Å²) in [5, 5.41) is 8.23. The number of carbonyl (C=O) groups excluding carboxylic acids is 1. The molecule has 2 N–H and O–H groups in total. The van der Waals surface area contributed by atoms with Gasteiger partial charge in [0.15, 0.2) is 5.11 Å². The fourth-order valence-corrected chi connectivity index (χ4v) is 6.20. The zero-order valence-corrected chi connectivity index (χ0v) is 23.4. The largest absolute Gasteiger partial charge is 0.366 e. The first-order valence-electron chi connectivity index (χ1n) is 14.0. The standard InChI is InChI=1S/C31H39N5OS/c1-22(23-11-5-3-6-12-23)33-30(37)28-25-15-9-10-16-27(25)34-29(24-13-7-4-8-14-24)26(28)21-35-17-19-36(20-18-35)31(38)32-2/h4,7-10,13-16,22-23H,3,5-6,11-12,17-21H2,1-2H3,(H,32,38)(H,33,37)/t22-/m0/s1. The van der Waals surface area contributed by atoms with Crippen molar-refractivity contribution in [2.45, 2.75) is 51.6 Å². The van der Waals surface area contributed by atoms with Crippen LogP contribution in [0.4, 0.5) is 0 Å². The van der Waals surface area contributed by atoms with Crippen molar-refractivity contribution in [3.8, 4) is 11.3 Å². The molecule has 2 fully saturated rings. The average molecular weight is 530 g/mol. The number of benzene rings is 2. The monoisotopic (exact) mass is 529 g/mol. The second-order valence-corrected chi connectivity index (χ2v) is 11.1. The van der Waals surface area contributed by atoms with E-state index in [9.17, 15) is 4.79 Å². The molecule has 1 saturated heterocycles. The lowest BCUT2D eigenvalue weighted by atomic mass is 9.84. The maximum atomic E-state index is 14.1. The van der Waals surface area contributed by atoms with Gasteiger partial charge >= 0.3 is 0 Å². The van der Waals surface area contributed by atoms with Crippen LogP contribution in [0.1, 0.15) is 54.9 Å². The Morgan fingerprint density at radius 3 is 2.39 bits per heavy atom. The van der Waals surface area contributed by atoms with Crippen molar-refractivity contribution in [3.63, 3.8) is 0 Å². The number of carbonyl (C=O) groups is 1. The van der Waals surface area contributed by atoms with Crippen LogP contribution in [0.5, 0.6) is 0 Å². The number of aromatic nitrogens is 1. The summed E-state index contributed by atoms with van der Waals surface area (Å²) in [6.45, 7) is 6.33. The van der Waals surface area contributed by atoms with E-state index in [0.717, 1.165) is 64.6 Å². The van der Waals surface area contributed by atoms with Gasteiger partial charge in [0.05, 0.1) is 16.8 Å². The van der Waals surface area contributed by atoms with Crippen LogP contribution in [0.15, 0.2) is 54.6 Å². The Balaban J connectivity index is 1.53. The number of pyridine rings is 1. The van der Waals surface area contributed by atoms with Crippen molar-refractivity contribution in [3.05, 3.63) is 65.7 Å². The Morgan fingerprint density at radius 2 is 1.68 bits per heavy atom. The highest BCUT2D eigenvalue weighted by Crippen LogP contribution is 2.32. The number of amides is 1. The molecule has 200 valence electrons. The lowest BCUT2D eigenvalue weighted by Crippen LogP contribution is -2.50. The SMILES string of the molecule is CNC(=S)N1CCN(Cc2c(-c3ccccc3)nc3ccccc3c2C(=O)N[C@@H](C)C2CCCCC2)CC1. The molecule has 1 atom stereocenters. The van der Waals surface area contributed by atoms with Crippen molar-refractivity contribution in [2.75, 3.05) is 33.2 Å². The minimum absolute atomic E-state index is 0.0175. The number of fused-ring (bicyclic) bond motifs is 1. The lowest BCUT2D eigenvalue weighted by molar-refractivity contribution is 0.0918. The third kappa shape index (κ3) is 5.84. The Hall–Kier alpha value is -3.03. The van der Waals surface area contributed by atoms with E-state index in [2.05, 4.69) is 39.5 Å². The first-order valence-corrected chi connectivity index (χ1v) is 14.4. The molecule has 1 saturated carbocycles. The van der Waals surface area contributed by atoms with Gasteiger partial charge in [0.1, 0.15) is 0 Å². The molecule has 2 aliphatic rings. The summed E-state index contributed by atoms with van der Waals surface area (Å²) >= 11 is 5.46. The summed E-state index contributed by atoms with van der Waals surface area (Å²) < 4.78 is 0. The van der Waals surface area contributed by atoms with Crippen LogP contribution in [0.25, 0.3) is 22.2 Å². The summed E-state index contributed by atoms with van der Waals surface area (Å²) in [6.07, 6.45) is 6.22. The molecule has 38 heavy (non-hydrogen) atoms. The minimum atomic E-state index is 0.0175. The molecule has 0 unspecified atom stereocenters. The maximum absolute atomic E-state index is 14.1. The van der Waals surface area contributed by atoms with Gasteiger partial charge in [-0.2, -0.15) is 0 Å². The van der Waals surface area contributed by atoms with Gasteiger partial charge in [0, 0.05) is 62.3 Å². The van der Waals surface area contributed by atoms with E-state index in [1.165, 1.54) is 32.1 Å². The normalized spacial score (nSPS) is 17.8. The molecule has 3 aromatic rings. The number of hydrogen-bond donors (Lipinski definition) is 2. The molecule has 1 amide bonds. The third-order valence-electron chi connectivity index (χ3n) is 8.24. The Labute approximate surface area is 231 Å². The predicted molar refractivity (Wildman–Crippen MR) is 159 cm³/mol. The smallest absolute Gasteiger partial charge is 0.252 e. The molecule has 1 aliphatic heterocycles. The molecule has 5 rings (SSSR count). The number of hydrogen-bond acceptors (Lipinski definition) is 4. The van der Waals surface area contributed by atoms with E-state index >= 15 is 0 Å². The van der Waals surface area contributed by atoms with Crippen LogP contribution in [-0.2, 0) is 6.54 Å². The number of rotatable bonds is 6. The first-order chi connectivity index (χ1) is 18.5. The van der Waals surface area contributed by atoms with Crippen LogP contribution in [0.2, 0.25) is 0 Å². The molecular weight excluding hydrogens is 490 g/mol. The highest BCUT2D eigenvalue weighted by atomic mass is 32.1. The van der Waals surface area contributed by atoms with Gasteiger partial charge < -0.3 is 15.5 Å². The third-order valence-corrected chi connectivity index (χ3v) is 8.70. The molecule has 0 radical (unpaired) electrons. The Bertz CT molecular complexity index is 1270. The second kappa shape index (κ2) is 12.2. The van der Waals surface area contributed by atoms with Gasteiger partial charge in [-0.3, -0.25) is 9.69 Å². The van der Waals surface area contributed by atoms with Gasteiger partial charge in [-0.15, -0.1) is 0 Å². The number of nitrogens with zero attached hydrogens (tertiary/aromatic N) is 3. The van der Waals surface area contributed by atoms with E-state index in [0.29, 0.717) is 12.5 Å². The molecule has 6 nitrogen and oxygen atoms in total. The van der Waals surface area contributed by atoms with Crippen molar-refractivity contribution in [1.29, 1.82) is 0 Å². The van der Waals surface area contributed by atoms with Gasteiger partial charge in [-0.25, -0.2) is 4.98 Å². The number of para-hydroxylation sites is 1. The van der Waals surface area contributed by atoms with Gasteiger partial charge in [-0.1, -0.05) is 67.8 Å². The summed E-state index contributed by atoms with van der Waals surface area (Å²) in [6, 6.07) is 18.5. The van der Waals surface area contributed by atoms with Crippen LogP contribution in [0.3, 0.4) is 0 Å². The molecule has 1 aromatic heterocycles. The Kier molecular flexibility index (Phi) is 8.55. The highest BCUT2D eigenvalue weighted by molar-refractivity contribution is 7.80. The summed E-state index contributed by atoms with van der Waals surface area (Å²) in [7, 11) is 1.88. The predicted octanol–water partition coefficient (Wildman–Crippen LogP) is 5.22. The molecule has 2 aromatic carbocycles. The molecule has 0 spiro atoms. The van der Waals surface area contributed by atoms with Gasteiger partial charge in [0.25, 0.3) is 5.91 Å². The first kappa shape index (κ1) is 26.6. The molecule has 0 bridgehead atoms. The van der Waals surface area contributed by atoms with E-state index < -0.39 is 0 Å². The minimum Gasteiger partial charge on any atom is -0.366 e.